The number of benzene rings is 2. The van der Waals surface area contributed by atoms with Gasteiger partial charge in [-0.15, -0.1) is 0 Å². The quantitative estimate of drug-likeness (QED) is 0.492. The molecule has 0 atom stereocenters. The number of aromatic nitrogens is 3. The van der Waals surface area contributed by atoms with Crippen molar-refractivity contribution in [2.75, 3.05) is 13.2 Å². The van der Waals surface area contributed by atoms with E-state index < -0.39 is 0 Å². The number of nitrogens with zero attached hydrogens (tertiary/aromatic N) is 2. The van der Waals surface area contributed by atoms with Gasteiger partial charge in [-0.1, -0.05) is 5.16 Å². The molecule has 1 aliphatic rings. The summed E-state index contributed by atoms with van der Waals surface area (Å²) in [5, 5.41) is 5.49. The topological polar surface area (TPSA) is 73.2 Å². The maximum absolute atomic E-state index is 5.78. The van der Waals surface area contributed by atoms with Gasteiger partial charge in [-0.3, -0.25) is 0 Å². The van der Waals surface area contributed by atoms with E-state index >= 15 is 0 Å². The molecule has 0 saturated heterocycles. The molecule has 1 aliphatic carbocycles. The van der Waals surface area contributed by atoms with Crippen LogP contribution in [0, 0.1) is 0 Å². The van der Waals surface area contributed by atoms with Gasteiger partial charge in [-0.05, 0) is 69.0 Å². The van der Waals surface area contributed by atoms with Crippen molar-refractivity contribution in [1.29, 1.82) is 0 Å². The Morgan fingerprint density at radius 2 is 1.93 bits per heavy atom. The molecule has 0 fully saturated rings. The zero-order chi connectivity index (χ0) is 19.8. The van der Waals surface area contributed by atoms with Crippen LogP contribution >= 0.6 is 0 Å². The number of aryl methyl sites for hydroxylation is 2. The van der Waals surface area contributed by atoms with E-state index in [0.29, 0.717) is 30.7 Å². The Hall–Kier alpha value is -3.28. The van der Waals surface area contributed by atoms with Crippen LogP contribution in [0.5, 0.6) is 11.5 Å². The molecule has 29 heavy (non-hydrogen) atoms. The van der Waals surface area contributed by atoms with Crippen LogP contribution in [-0.4, -0.2) is 28.3 Å². The summed E-state index contributed by atoms with van der Waals surface area (Å²) < 4.78 is 16.9. The van der Waals surface area contributed by atoms with Crippen LogP contribution in [0.15, 0.2) is 40.9 Å². The molecular formula is C23H23N3O3. The fourth-order valence-corrected chi connectivity index (χ4v) is 4.04. The molecule has 0 bridgehead atoms. The van der Waals surface area contributed by atoms with Crippen LogP contribution in [0.4, 0.5) is 0 Å². The Labute approximate surface area is 168 Å². The second-order valence-corrected chi connectivity index (χ2v) is 7.14. The molecule has 6 heteroatoms. The Morgan fingerprint density at radius 3 is 2.79 bits per heavy atom. The summed E-state index contributed by atoms with van der Waals surface area (Å²) in [6, 6.07) is 11.9. The van der Waals surface area contributed by atoms with Crippen LogP contribution in [0.1, 0.15) is 31.5 Å². The molecule has 0 amide bonds. The first-order chi connectivity index (χ1) is 14.3. The third-order valence-corrected chi connectivity index (χ3v) is 5.33. The lowest BCUT2D eigenvalue weighted by molar-refractivity contribution is 0.323. The van der Waals surface area contributed by atoms with E-state index in [1.807, 2.05) is 38.1 Å². The highest BCUT2D eigenvalue weighted by Gasteiger charge is 2.19. The fourth-order valence-electron chi connectivity index (χ4n) is 4.04. The van der Waals surface area contributed by atoms with Gasteiger partial charge in [0.15, 0.2) is 0 Å². The average molecular weight is 389 g/mol. The summed E-state index contributed by atoms with van der Waals surface area (Å²) in [5.41, 5.74) is 5.67. The summed E-state index contributed by atoms with van der Waals surface area (Å²) in [6.07, 6.45) is 3.47. The number of nitrogens with one attached hydrogen (secondary N) is 1. The van der Waals surface area contributed by atoms with Crippen molar-refractivity contribution in [3.63, 3.8) is 0 Å². The van der Waals surface area contributed by atoms with Crippen LogP contribution in [0.3, 0.4) is 0 Å². The Morgan fingerprint density at radius 1 is 1.03 bits per heavy atom. The number of rotatable bonds is 6. The van der Waals surface area contributed by atoms with Gasteiger partial charge in [0.2, 0.25) is 5.82 Å². The second kappa shape index (κ2) is 7.28. The summed E-state index contributed by atoms with van der Waals surface area (Å²) in [5.74, 6) is 2.44. The van der Waals surface area contributed by atoms with Crippen molar-refractivity contribution in [3.05, 3.63) is 47.7 Å². The normalized spacial score (nSPS) is 13.0. The molecule has 0 unspecified atom stereocenters. The molecule has 2 aromatic carbocycles. The molecule has 4 aromatic rings. The smallest absolute Gasteiger partial charge is 0.262 e. The van der Waals surface area contributed by atoms with E-state index in [1.165, 1.54) is 28.6 Å². The van der Waals surface area contributed by atoms with E-state index in [-0.39, 0.29) is 0 Å². The van der Waals surface area contributed by atoms with Crippen molar-refractivity contribution in [3.8, 4) is 34.3 Å². The zero-order valence-corrected chi connectivity index (χ0v) is 16.6. The van der Waals surface area contributed by atoms with Gasteiger partial charge >= 0.3 is 0 Å². The molecule has 0 aliphatic heterocycles. The van der Waals surface area contributed by atoms with Gasteiger partial charge < -0.3 is 19.0 Å². The first-order valence-electron chi connectivity index (χ1n) is 10.1. The third-order valence-electron chi connectivity index (χ3n) is 5.33. The maximum atomic E-state index is 5.78. The minimum absolute atomic E-state index is 0.436. The van der Waals surface area contributed by atoms with Crippen LogP contribution < -0.4 is 9.47 Å². The van der Waals surface area contributed by atoms with Gasteiger partial charge in [-0.25, -0.2) is 0 Å². The summed E-state index contributed by atoms with van der Waals surface area (Å²) >= 11 is 0. The Kier molecular flexibility index (Phi) is 4.46. The zero-order valence-electron chi connectivity index (χ0n) is 16.6. The molecule has 2 aromatic heterocycles. The first-order valence-corrected chi connectivity index (χ1v) is 10.1. The lowest BCUT2D eigenvalue weighted by Crippen LogP contribution is -1.97. The van der Waals surface area contributed by atoms with Crippen molar-refractivity contribution >= 4 is 10.9 Å². The highest BCUT2D eigenvalue weighted by molar-refractivity contribution is 5.89. The summed E-state index contributed by atoms with van der Waals surface area (Å²) in [7, 11) is 0. The van der Waals surface area contributed by atoms with E-state index in [0.717, 1.165) is 29.7 Å². The number of aromatic amines is 1. The average Bonchev–Trinajstić information content (AvgIpc) is 3.44. The molecule has 0 spiro atoms. The summed E-state index contributed by atoms with van der Waals surface area (Å²) in [4.78, 5) is 8.18. The lowest BCUT2D eigenvalue weighted by Gasteiger charge is -2.10. The predicted molar refractivity (Wildman–Crippen MR) is 111 cm³/mol. The lowest BCUT2D eigenvalue weighted by atomic mass is 10.1. The number of hydrogen-bond acceptors (Lipinski definition) is 5. The molecular weight excluding hydrogens is 366 g/mol. The fraction of sp³-hybridized carbons (Fsp3) is 0.304. The van der Waals surface area contributed by atoms with E-state index in [9.17, 15) is 0 Å². The van der Waals surface area contributed by atoms with Crippen molar-refractivity contribution in [2.45, 2.75) is 33.1 Å². The van der Waals surface area contributed by atoms with Gasteiger partial charge in [0.25, 0.3) is 5.89 Å². The van der Waals surface area contributed by atoms with Gasteiger partial charge in [0.1, 0.15) is 11.5 Å². The molecule has 148 valence electrons. The number of hydrogen-bond donors (Lipinski definition) is 1. The van der Waals surface area contributed by atoms with E-state index in [4.69, 9.17) is 14.0 Å². The standard InChI is InChI=1S/C23H23N3O3/c1-3-27-15-9-10-17(21(13-15)28-4-2)23-25-22(26-29-23)14-8-11-20-18(12-14)16-6-5-7-19(16)24-20/h8-13,24H,3-7H2,1-2H3. The predicted octanol–water partition coefficient (Wildman–Crippen LogP) is 5.17. The molecule has 0 radical (unpaired) electrons. The third kappa shape index (κ3) is 3.14. The first kappa shape index (κ1) is 17.8. The van der Waals surface area contributed by atoms with Crippen molar-refractivity contribution in [1.82, 2.24) is 15.1 Å². The summed E-state index contributed by atoms with van der Waals surface area (Å²) in [6.45, 7) is 5.04. The van der Waals surface area contributed by atoms with Gasteiger partial charge in [0, 0.05) is 28.2 Å². The number of H-pyrrole nitrogens is 1. The number of fused-ring (bicyclic) bond motifs is 3. The Balaban J connectivity index is 1.52. The molecule has 2 heterocycles. The second-order valence-electron chi connectivity index (χ2n) is 7.14. The van der Waals surface area contributed by atoms with Crippen LogP contribution in [0.25, 0.3) is 33.7 Å². The SMILES string of the molecule is CCOc1ccc(-c2nc(-c3ccc4[nH]c5c(c4c3)CCC5)no2)c(OCC)c1. The minimum Gasteiger partial charge on any atom is -0.494 e. The van der Waals surface area contributed by atoms with Crippen LogP contribution in [0.2, 0.25) is 0 Å². The van der Waals surface area contributed by atoms with Gasteiger partial charge in [-0.2, -0.15) is 4.98 Å². The maximum Gasteiger partial charge on any atom is 0.262 e. The molecule has 0 saturated carbocycles. The van der Waals surface area contributed by atoms with Crippen molar-refractivity contribution in [2.24, 2.45) is 0 Å². The molecule has 6 nitrogen and oxygen atoms in total. The highest BCUT2D eigenvalue weighted by Crippen LogP contribution is 2.35. The molecule has 1 N–H and O–H groups in total. The highest BCUT2D eigenvalue weighted by atomic mass is 16.5. The van der Waals surface area contributed by atoms with E-state index in [2.05, 4.69) is 27.3 Å². The Bertz CT molecular complexity index is 1180. The largest absolute Gasteiger partial charge is 0.494 e. The van der Waals surface area contributed by atoms with Crippen LogP contribution in [-0.2, 0) is 12.8 Å². The van der Waals surface area contributed by atoms with E-state index in [1.54, 1.807) is 0 Å². The molecule has 5 rings (SSSR count). The van der Waals surface area contributed by atoms with Gasteiger partial charge in [0.05, 0.1) is 18.8 Å². The monoisotopic (exact) mass is 389 g/mol. The minimum atomic E-state index is 0.436. The number of ether oxygens (including phenoxy) is 2. The van der Waals surface area contributed by atoms with Crippen molar-refractivity contribution < 1.29 is 14.0 Å².